The Morgan fingerprint density at radius 3 is 2.50 bits per heavy atom. The topological polar surface area (TPSA) is 29.1 Å². The van der Waals surface area contributed by atoms with E-state index < -0.39 is 0 Å². The first-order valence-corrected chi connectivity index (χ1v) is 5.14. The molecule has 1 amide bonds. The number of allylic oxidation sites excluding steroid dienone is 1. The molecule has 0 saturated heterocycles. The molecule has 1 aromatic rings. The van der Waals surface area contributed by atoms with Gasteiger partial charge >= 0.3 is 0 Å². The Hall–Kier alpha value is -2.09. The number of benzene rings is 1. The summed E-state index contributed by atoms with van der Waals surface area (Å²) >= 11 is 0. The fourth-order valence-corrected chi connectivity index (χ4v) is 1.70. The summed E-state index contributed by atoms with van der Waals surface area (Å²) in [6.07, 6.45) is 3.56. The number of nitrogens with one attached hydrogen (secondary N) is 1. The fourth-order valence-electron chi connectivity index (χ4n) is 1.70. The van der Waals surface area contributed by atoms with Gasteiger partial charge in [-0.15, -0.1) is 0 Å². The Morgan fingerprint density at radius 1 is 1.25 bits per heavy atom. The third kappa shape index (κ3) is 1.82. The third-order valence-electron chi connectivity index (χ3n) is 2.62. The molecule has 2 rings (SSSR count). The molecule has 0 atom stereocenters. The van der Waals surface area contributed by atoms with Crippen LogP contribution in [0.15, 0.2) is 59.8 Å². The highest BCUT2D eigenvalue weighted by Crippen LogP contribution is 2.22. The summed E-state index contributed by atoms with van der Waals surface area (Å²) in [6, 6.07) is 9.90. The minimum absolute atomic E-state index is 0.0744. The van der Waals surface area contributed by atoms with Crippen LogP contribution in [0.2, 0.25) is 0 Å². The monoisotopic (exact) mass is 211 g/mol. The Bertz CT molecular complexity index is 495. The Labute approximate surface area is 95.0 Å². The van der Waals surface area contributed by atoms with Crippen LogP contribution in [-0.2, 0) is 4.79 Å². The van der Waals surface area contributed by atoms with Gasteiger partial charge in [0.15, 0.2) is 0 Å². The molecule has 2 heteroatoms. The van der Waals surface area contributed by atoms with Gasteiger partial charge in [-0.25, -0.2) is 0 Å². The molecule has 1 aliphatic rings. The lowest BCUT2D eigenvalue weighted by molar-refractivity contribution is -0.115. The number of hydrogen-bond donors (Lipinski definition) is 1. The molecule has 80 valence electrons. The van der Waals surface area contributed by atoms with E-state index in [9.17, 15) is 4.79 Å². The summed E-state index contributed by atoms with van der Waals surface area (Å²) in [5.74, 6) is -0.0744. The van der Waals surface area contributed by atoms with E-state index in [0.717, 1.165) is 16.8 Å². The lowest BCUT2D eigenvalue weighted by atomic mass is 10.1. The van der Waals surface area contributed by atoms with Crippen molar-refractivity contribution in [3.8, 4) is 0 Å². The maximum absolute atomic E-state index is 11.5. The molecule has 1 aliphatic heterocycles. The third-order valence-corrected chi connectivity index (χ3v) is 2.62. The molecular weight excluding hydrogens is 198 g/mol. The summed E-state index contributed by atoms with van der Waals surface area (Å²) in [6.45, 7) is 5.56. The maximum atomic E-state index is 11.5. The largest absolute Gasteiger partial charge is 0.322 e. The van der Waals surface area contributed by atoms with Gasteiger partial charge in [0, 0.05) is 11.3 Å². The Kier molecular flexibility index (Phi) is 2.73. The minimum atomic E-state index is -0.0744. The number of hydrogen-bond acceptors (Lipinski definition) is 1. The lowest BCUT2D eigenvalue weighted by Gasteiger charge is -2.00. The van der Waals surface area contributed by atoms with Crippen molar-refractivity contribution in [1.29, 1.82) is 0 Å². The van der Waals surface area contributed by atoms with Gasteiger partial charge in [0.1, 0.15) is 0 Å². The van der Waals surface area contributed by atoms with Crippen LogP contribution >= 0.6 is 0 Å². The van der Waals surface area contributed by atoms with E-state index in [4.69, 9.17) is 0 Å². The quantitative estimate of drug-likeness (QED) is 0.800. The van der Waals surface area contributed by atoms with E-state index in [2.05, 4.69) is 11.9 Å². The van der Waals surface area contributed by atoms with E-state index in [1.165, 1.54) is 0 Å². The first-order valence-electron chi connectivity index (χ1n) is 5.14. The average molecular weight is 211 g/mol. The molecule has 2 nitrogen and oxygen atoms in total. The predicted octanol–water partition coefficient (Wildman–Crippen LogP) is 2.66. The Morgan fingerprint density at radius 2 is 1.94 bits per heavy atom. The predicted molar refractivity (Wildman–Crippen MR) is 65.5 cm³/mol. The van der Waals surface area contributed by atoms with Gasteiger partial charge < -0.3 is 5.32 Å². The van der Waals surface area contributed by atoms with Crippen molar-refractivity contribution >= 4 is 12.0 Å². The highest BCUT2D eigenvalue weighted by Gasteiger charge is 2.21. The van der Waals surface area contributed by atoms with Crippen LogP contribution < -0.4 is 5.32 Å². The summed E-state index contributed by atoms with van der Waals surface area (Å²) < 4.78 is 0. The average Bonchev–Trinajstić information content (AvgIpc) is 2.55. The van der Waals surface area contributed by atoms with E-state index >= 15 is 0 Å². The molecule has 0 aliphatic carbocycles. The molecule has 0 radical (unpaired) electrons. The van der Waals surface area contributed by atoms with Crippen molar-refractivity contribution in [2.75, 3.05) is 0 Å². The van der Waals surface area contributed by atoms with Crippen molar-refractivity contribution in [3.05, 3.63) is 65.4 Å². The normalized spacial score (nSPS) is 17.8. The Balaban J connectivity index is 2.39. The van der Waals surface area contributed by atoms with Crippen LogP contribution in [-0.4, -0.2) is 5.91 Å². The number of rotatable bonds is 2. The van der Waals surface area contributed by atoms with Gasteiger partial charge in [-0.3, -0.25) is 4.79 Å². The summed E-state index contributed by atoms with van der Waals surface area (Å²) in [7, 11) is 0. The molecule has 0 spiro atoms. The number of amides is 1. The smallest absolute Gasteiger partial charge is 0.255 e. The van der Waals surface area contributed by atoms with Gasteiger partial charge in [0.25, 0.3) is 5.91 Å². The maximum Gasteiger partial charge on any atom is 0.255 e. The number of carbonyl (C=O) groups is 1. The van der Waals surface area contributed by atoms with E-state index in [0.29, 0.717) is 5.57 Å². The van der Waals surface area contributed by atoms with Crippen molar-refractivity contribution in [3.63, 3.8) is 0 Å². The molecule has 0 bridgehead atoms. The molecule has 1 aromatic carbocycles. The van der Waals surface area contributed by atoms with E-state index in [1.54, 1.807) is 6.08 Å². The zero-order valence-electron chi connectivity index (χ0n) is 9.16. The highest BCUT2D eigenvalue weighted by molar-refractivity contribution is 6.03. The highest BCUT2D eigenvalue weighted by atomic mass is 16.1. The first kappa shape index (κ1) is 10.4. The van der Waals surface area contributed by atoms with Crippen LogP contribution in [0.5, 0.6) is 0 Å². The zero-order chi connectivity index (χ0) is 11.5. The van der Waals surface area contributed by atoms with Crippen LogP contribution in [0.1, 0.15) is 12.5 Å². The molecule has 1 N–H and O–H groups in total. The zero-order valence-corrected chi connectivity index (χ0v) is 9.16. The minimum Gasteiger partial charge on any atom is -0.322 e. The second-order valence-corrected chi connectivity index (χ2v) is 3.67. The molecule has 16 heavy (non-hydrogen) atoms. The van der Waals surface area contributed by atoms with Crippen molar-refractivity contribution in [2.24, 2.45) is 0 Å². The van der Waals surface area contributed by atoms with Crippen molar-refractivity contribution in [2.45, 2.75) is 6.92 Å². The second kappa shape index (κ2) is 4.19. The summed E-state index contributed by atoms with van der Waals surface area (Å²) in [4.78, 5) is 11.5. The molecule has 0 unspecified atom stereocenters. The fraction of sp³-hybridized carbons (Fsp3) is 0.0714. The molecule has 1 heterocycles. The number of carbonyl (C=O) groups excluding carboxylic acids is 1. The standard InChI is InChI=1S/C14H13NO/c1-3-12-10(2)13(15-14(12)16)9-11-7-5-4-6-8-11/h3-9H,1H2,2H3,(H,15,16)/b13-9-. The van der Waals surface area contributed by atoms with Gasteiger partial charge in [0.05, 0.1) is 0 Å². The van der Waals surface area contributed by atoms with Crippen LogP contribution in [0.3, 0.4) is 0 Å². The molecule has 0 fully saturated rings. The van der Waals surface area contributed by atoms with Gasteiger partial charge in [-0.05, 0) is 24.1 Å². The van der Waals surface area contributed by atoms with Gasteiger partial charge in [-0.2, -0.15) is 0 Å². The van der Waals surface area contributed by atoms with Crippen molar-refractivity contribution < 1.29 is 4.79 Å². The molecule has 0 aromatic heterocycles. The van der Waals surface area contributed by atoms with E-state index in [-0.39, 0.29) is 5.91 Å². The SMILES string of the molecule is C=CC1=C(C)/C(=C/c2ccccc2)NC1=O. The molecule has 0 saturated carbocycles. The summed E-state index contributed by atoms with van der Waals surface area (Å²) in [5, 5.41) is 2.83. The first-order chi connectivity index (χ1) is 7.72. The molecular formula is C14H13NO. The summed E-state index contributed by atoms with van der Waals surface area (Å²) in [5.41, 5.74) is 3.53. The van der Waals surface area contributed by atoms with Crippen molar-refractivity contribution in [1.82, 2.24) is 5.32 Å². The van der Waals surface area contributed by atoms with Crippen LogP contribution in [0, 0.1) is 0 Å². The second-order valence-electron chi connectivity index (χ2n) is 3.67. The van der Waals surface area contributed by atoms with Gasteiger partial charge in [0.2, 0.25) is 0 Å². The van der Waals surface area contributed by atoms with E-state index in [1.807, 2.05) is 43.3 Å². The van der Waals surface area contributed by atoms with Gasteiger partial charge in [-0.1, -0.05) is 43.0 Å². The lowest BCUT2D eigenvalue weighted by Crippen LogP contribution is -2.15. The van der Waals surface area contributed by atoms with Crippen LogP contribution in [0.4, 0.5) is 0 Å². The van der Waals surface area contributed by atoms with Crippen LogP contribution in [0.25, 0.3) is 6.08 Å².